The van der Waals surface area contributed by atoms with Crippen LogP contribution in [0.5, 0.6) is 0 Å². The number of alkyl halides is 12. The first-order valence-electron chi connectivity index (χ1n) is 16.7. The third-order valence-corrected chi connectivity index (χ3v) is 8.51. The number of nitrogens with one attached hydrogen (secondary N) is 3. The lowest BCUT2D eigenvalue weighted by Crippen LogP contribution is -2.50. The number of carbonyl (C=O) groups excluding carboxylic acids is 4. The van der Waals surface area contributed by atoms with E-state index in [0.29, 0.717) is 61.5 Å². The highest BCUT2D eigenvalue weighted by molar-refractivity contribution is 6.41. The van der Waals surface area contributed by atoms with Crippen LogP contribution < -0.4 is 20.9 Å². The van der Waals surface area contributed by atoms with Gasteiger partial charge in [-0.1, -0.05) is 23.2 Å². The van der Waals surface area contributed by atoms with E-state index in [1.165, 1.54) is 6.20 Å². The van der Waals surface area contributed by atoms with Gasteiger partial charge in [-0.15, -0.1) is 0 Å². The first-order valence-corrected chi connectivity index (χ1v) is 17.4. The van der Waals surface area contributed by atoms with Gasteiger partial charge in [0.25, 0.3) is 0 Å². The monoisotopic (exact) mass is 921 g/mol. The molecule has 0 radical (unpaired) electrons. The molecule has 3 aromatic heterocycles. The average molecular weight is 923 g/mol. The first-order chi connectivity index (χ1) is 28.2. The van der Waals surface area contributed by atoms with Gasteiger partial charge in [0, 0.05) is 49.9 Å². The van der Waals surface area contributed by atoms with Crippen molar-refractivity contribution in [3.8, 4) is 0 Å². The van der Waals surface area contributed by atoms with E-state index in [2.05, 4.69) is 35.9 Å². The van der Waals surface area contributed by atoms with E-state index in [1.54, 1.807) is 22.2 Å². The van der Waals surface area contributed by atoms with Crippen LogP contribution in [-0.2, 0) is 33.4 Å². The van der Waals surface area contributed by atoms with Crippen molar-refractivity contribution in [1.82, 2.24) is 24.8 Å². The van der Waals surface area contributed by atoms with Crippen molar-refractivity contribution in [1.29, 1.82) is 0 Å². The number of pyridine rings is 2. The zero-order valence-electron chi connectivity index (χ0n) is 30.1. The number of anilines is 6. The second-order valence-electron chi connectivity index (χ2n) is 12.3. The number of urea groups is 1. The third kappa shape index (κ3) is 13.8. The first kappa shape index (κ1) is 47.7. The summed E-state index contributed by atoms with van der Waals surface area (Å²) in [5.41, 5.74) is 3.09. The van der Waals surface area contributed by atoms with Crippen LogP contribution in [0.3, 0.4) is 0 Å². The Morgan fingerprint density at radius 2 is 1.34 bits per heavy atom. The summed E-state index contributed by atoms with van der Waals surface area (Å²) in [6.07, 6.45) is -14.8. The molecule has 13 nitrogen and oxygen atoms in total. The van der Waals surface area contributed by atoms with Gasteiger partial charge in [0.05, 0.1) is 28.7 Å². The van der Waals surface area contributed by atoms with Gasteiger partial charge in [-0.25, -0.2) is 14.8 Å². The Morgan fingerprint density at radius 3 is 1.90 bits per heavy atom. The maximum atomic E-state index is 13.3. The molecule has 0 unspecified atom stereocenters. The van der Waals surface area contributed by atoms with Crippen molar-refractivity contribution in [3.05, 3.63) is 81.9 Å². The van der Waals surface area contributed by atoms with Crippen LogP contribution in [0.1, 0.15) is 16.7 Å². The lowest BCUT2D eigenvalue weighted by molar-refractivity contribution is -0.193. The lowest BCUT2D eigenvalue weighted by Gasteiger charge is -2.35. The molecule has 0 atom stereocenters. The molecule has 6 bridgehead atoms. The summed E-state index contributed by atoms with van der Waals surface area (Å²) in [6.45, 7) is 1.39. The molecule has 1 fully saturated rings. The average Bonchev–Trinajstić information content (AvgIpc) is 3.18. The van der Waals surface area contributed by atoms with E-state index in [-0.39, 0.29) is 16.9 Å². The molecule has 4 aromatic rings. The second kappa shape index (κ2) is 19.2. The standard InChI is InChI=1S/C28H24Cl2F3N9O.C4F6O2.C2HF3O/c29-21-11-18(28(31,32)33)13-35-25(21)41-5-7-42(8-6-41)27(43)39-23-4-3-19-10-17(23)2-1-16-9-20(14-34-12-16)38-26-36-15-22(30)24(37-19)40-26;5-3(6,7)1(11)2(12)4(8,9)10;3-2(4,5)1-6/h3-4,9-15H,1-2,5-8H2,(H,39,43)(H2,36,37,38,40);;1H. The van der Waals surface area contributed by atoms with Gasteiger partial charge in [0.2, 0.25) is 12.2 Å². The fraction of sp³-hybridized carbons (Fsp3) is 0.294. The molecular formula is C34H25Cl2F12N9O4. The number of aldehydes is 1. The number of benzene rings is 1. The highest BCUT2D eigenvalue weighted by Crippen LogP contribution is 2.34. The summed E-state index contributed by atoms with van der Waals surface area (Å²) in [5.74, 6) is -5.77. The van der Waals surface area contributed by atoms with E-state index in [1.807, 2.05) is 24.3 Å². The molecular weight excluding hydrogens is 897 g/mol. The molecule has 27 heteroatoms. The van der Waals surface area contributed by atoms with Crippen molar-refractivity contribution in [2.75, 3.05) is 47.0 Å². The number of piperazine rings is 1. The zero-order valence-corrected chi connectivity index (χ0v) is 31.6. The number of amides is 2. The molecule has 2 aliphatic heterocycles. The molecule has 61 heavy (non-hydrogen) atoms. The second-order valence-corrected chi connectivity index (χ2v) is 13.2. The molecule has 0 spiro atoms. The smallest absolute Gasteiger partial charge is 0.352 e. The molecule has 328 valence electrons. The van der Waals surface area contributed by atoms with Crippen LogP contribution in [-0.4, -0.2) is 93.4 Å². The number of hydrogen-bond acceptors (Lipinski definition) is 11. The largest absolute Gasteiger partial charge is 0.458 e. The molecule has 2 amide bonds. The highest BCUT2D eigenvalue weighted by Gasteiger charge is 2.54. The van der Waals surface area contributed by atoms with Crippen LogP contribution in [0, 0.1) is 0 Å². The Hall–Kier alpha value is -5.98. The minimum Gasteiger partial charge on any atom is -0.352 e. The number of aromatic nitrogens is 4. The van der Waals surface area contributed by atoms with Crippen molar-refractivity contribution < 1.29 is 71.9 Å². The minimum absolute atomic E-state index is 0.0857. The van der Waals surface area contributed by atoms with Gasteiger partial charge < -0.3 is 25.8 Å². The van der Waals surface area contributed by atoms with Crippen molar-refractivity contribution in [2.24, 2.45) is 0 Å². The molecule has 3 N–H and O–H groups in total. The number of ketones is 2. The van der Waals surface area contributed by atoms with Crippen LogP contribution in [0.4, 0.5) is 92.1 Å². The number of rotatable bonds is 3. The summed E-state index contributed by atoms with van der Waals surface area (Å²) in [5, 5.41) is 9.67. The van der Waals surface area contributed by atoms with E-state index in [4.69, 9.17) is 28.0 Å². The summed E-state index contributed by atoms with van der Waals surface area (Å²) >= 11 is 12.5. The van der Waals surface area contributed by atoms with Crippen LogP contribution in [0.15, 0.2) is 55.1 Å². The maximum absolute atomic E-state index is 13.3. The highest BCUT2D eigenvalue weighted by atomic mass is 35.5. The Morgan fingerprint density at radius 1 is 0.721 bits per heavy atom. The maximum Gasteiger partial charge on any atom is 0.458 e. The SMILES string of the molecule is O=C(C(=O)C(F)(F)F)C(F)(F)F.O=C(Nc1ccc2cc1CCc1cncc(c1)Nc1ncc(Cl)c(n1)N2)N1CCN(c2ncc(C(F)(F)F)cc2Cl)CC1.O=CC(F)(F)F. The summed E-state index contributed by atoms with van der Waals surface area (Å²) in [4.78, 5) is 61.6. The number of halogens is 14. The van der Waals surface area contributed by atoms with Gasteiger partial charge >= 0.3 is 42.3 Å². The number of Topliss-reactive ketones (excluding diaryl/α,β-unsaturated/α-hetero) is 2. The van der Waals surface area contributed by atoms with Gasteiger partial charge in [0.1, 0.15) is 10.8 Å². The van der Waals surface area contributed by atoms with Gasteiger partial charge in [0.15, 0.2) is 5.82 Å². The Kier molecular flexibility index (Phi) is 15.0. The molecule has 1 saturated heterocycles. The number of hydrogen-bond donors (Lipinski definition) is 3. The number of aryl methyl sites for hydroxylation is 2. The van der Waals surface area contributed by atoms with E-state index >= 15 is 0 Å². The normalized spacial score (nSPS) is 14.1. The molecule has 6 rings (SSSR count). The van der Waals surface area contributed by atoms with E-state index in [0.717, 1.165) is 34.8 Å². The van der Waals surface area contributed by atoms with Gasteiger partial charge in [-0.3, -0.25) is 19.4 Å². The topological polar surface area (TPSA) is 162 Å². The molecule has 1 aromatic carbocycles. The number of nitrogens with zero attached hydrogens (tertiary/aromatic N) is 6. The Balaban J connectivity index is 0.000000382. The molecule has 2 aliphatic rings. The van der Waals surface area contributed by atoms with E-state index in [9.17, 15) is 67.1 Å². The number of carbonyl (C=O) groups is 4. The van der Waals surface area contributed by atoms with Crippen LogP contribution in [0.2, 0.25) is 10.0 Å². The predicted molar refractivity (Wildman–Crippen MR) is 193 cm³/mol. The van der Waals surface area contributed by atoms with Crippen molar-refractivity contribution in [3.63, 3.8) is 0 Å². The summed E-state index contributed by atoms with van der Waals surface area (Å²) in [7, 11) is 0. The molecule has 0 saturated carbocycles. The zero-order chi connectivity index (χ0) is 45.5. The fourth-order valence-corrected chi connectivity index (χ4v) is 5.57. The third-order valence-electron chi connectivity index (χ3n) is 7.96. The van der Waals surface area contributed by atoms with Crippen molar-refractivity contribution >= 4 is 81.7 Å². The minimum atomic E-state index is -5.77. The Bertz CT molecular complexity index is 2230. The Labute approximate surface area is 344 Å². The fourth-order valence-electron chi connectivity index (χ4n) is 5.14. The lowest BCUT2D eigenvalue weighted by atomic mass is 10.0. The van der Waals surface area contributed by atoms with Crippen LogP contribution in [0.25, 0.3) is 0 Å². The van der Waals surface area contributed by atoms with Crippen LogP contribution >= 0.6 is 23.2 Å². The van der Waals surface area contributed by atoms with E-state index < -0.39 is 48.1 Å². The summed E-state index contributed by atoms with van der Waals surface area (Å²) < 4.78 is 137. The molecule has 5 heterocycles. The van der Waals surface area contributed by atoms with Crippen molar-refractivity contribution in [2.45, 2.75) is 37.5 Å². The summed E-state index contributed by atoms with van der Waals surface area (Å²) in [6, 6.07) is 8.13. The number of fused-ring (bicyclic) bond motifs is 6. The predicted octanol–water partition coefficient (Wildman–Crippen LogP) is 8.53. The molecule has 0 aliphatic carbocycles. The van der Waals surface area contributed by atoms with Gasteiger partial charge in [-0.05, 0) is 54.3 Å². The van der Waals surface area contributed by atoms with Gasteiger partial charge in [-0.2, -0.15) is 57.7 Å². The quantitative estimate of drug-likeness (QED) is 0.103.